The third-order valence-corrected chi connectivity index (χ3v) is 5.35. The number of aromatic hydroxyl groups is 1. The third kappa shape index (κ3) is 9.16. The molecule has 1 aromatic carbocycles. The summed E-state index contributed by atoms with van der Waals surface area (Å²) in [5.74, 6) is -0.327. The van der Waals surface area contributed by atoms with E-state index in [2.05, 4.69) is 34.6 Å². The van der Waals surface area contributed by atoms with Gasteiger partial charge >= 0.3 is 8.25 Å². The van der Waals surface area contributed by atoms with Gasteiger partial charge in [0.05, 0.1) is 0 Å². The summed E-state index contributed by atoms with van der Waals surface area (Å²) in [7, 11) is -3.23. The van der Waals surface area contributed by atoms with E-state index in [0.717, 1.165) is 11.1 Å². The van der Waals surface area contributed by atoms with E-state index in [1.165, 1.54) is 38.8 Å². The minimum absolute atomic E-state index is 0.126. The van der Waals surface area contributed by atoms with E-state index in [9.17, 15) is 14.5 Å². The minimum atomic E-state index is -3.23. The van der Waals surface area contributed by atoms with Gasteiger partial charge in [-0.1, -0.05) is 74.3 Å². The summed E-state index contributed by atoms with van der Waals surface area (Å²) in [6.45, 7) is 19.5. The lowest BCUT2D eigenvalue weighted by atomic mass is 9.79. The highest BCUT2D eigenvalue weighted by molar-refractivity contribution is 7.32. The molecule has 5 nitrogen and oxygen atoms in total. The van der Waals surface area contributed by atoms with Crippen LogP contribution in [0.1, 0.15) is 98.8 Å². The van der Waals surface area contributed by atoms with Crippen molar-refractivity contribution < 1.29 is 23.9 Å². The summed E-state index contributed by atoms with van der Waals surface area (Å²) in [5.41, 5.74) is 0.571. The van der Waals surface area contributed by atoms with Crippen molar-refractivity contribution in [3.05, 3.63) is 34.9 Å². The molecule has 0 spiro atoms. The van der Waals surface area contributed by atoms with Crippen LogP contribution in [0.25, 0.3) is 6.08 Å². The van der Waals surface area contributed by atoms with E-state index in [1.54, 1.807) is 0 Å². The summed E-state index contributed by atoms with van der Waals surface area (Å²) in [6.07, 6.45) is 5.45. The molecule has 0 amide bonds. The van der Waals surface area contributed by atoms with Crippen LogP contribution in [-0.2, 0) is 24.7 Å². The number of benzene rings is 1. The molecule has 1 aromatic rings. The molecule has 1 unspecified atom stereocenters. The normalized spacial score (nSPS) is 13.7. The number of carbonyl (C=O) groups excluding carboxylic acids is 1. The Kier molecular flexibility index (Phi) is 10.7. The maximum Gasteiger partial charge on any atom is 0.317 e. The van der Waals surface area contributed by atoms with Crippen molar-refractivity contribution in [3.63, 3.8) is 0 Å². The Morgan fingerprint density at radius 1 is 1.00 bits per heavy atom. The lowest BCUT2D eigenvalue weighted by molar-refractivity contribution is -0.126. The van der Waals surface area contributed by atoms with Gasteiger partial charge < -0.3 is 10.00 Å². The van der Waals surface area contributed by atoms with Crippen LogP contribution in [0.15, 0.2) is 18.2 Å². The molecule has 0 aliphatic rings. The smallest absolute Gasteiger partial charge is 0.317 e. The highest BCUT2D eigenvalue weighted by atomic mass is 31.1. The fourth-order valence-corrected chi connectivity index (χ4v) is 2.96. The van der Waals surface area contributed by atoms with Gasteiger partial charge in [-0.05, 0) is 48.5 Å². The first-order valence-electron chi connectivity index (χ1n) is 10.5. The maximum atomic E-state index is 12.3. The first-order chi connectivity index (χ1) is 13.5. The standard InChI is InChI=1S/C20H31O5P.C4H10/c1-18(2,3)14-11-13(17(22)15(12-14)19(4,5)6)9-10-16(21)20(7,8)25-26(23)24;1-3-4-2/h9-12,22,26H,1-8H3,(H,23,24);3-4H2,1-2H3/b10-9+;. The fourth-order valence-electron chi connectivity index (χ4n) is 2.42. The Morgan fingerprint density at radius 3 is 1.87 bits per heavy atom. The van der Waals surface area contributed by atoms with Crippen molar-refractivity contribution >= 4 is 20.1 Å². The van der Waals surface area contributed by atoms with E-state index in [0.29, 0.717) is 5.56 Å². The lowest BCUT2D eigenvalue weighted by Gasteiger charge is -2.27. The van der Waals surface area contributed by atoms with Crippen LogP contribution in [0.5, 0.6) is 5.75 Å². The Morgan fingerprint density at radius 2 is 1.50 bits per heavy atom. The number of carbonyl (C=O) groups is 1. The fraction of sp³-hybridized carbons (Fsp3) is 0.625. The van der Waals surface area contributed by atoms with Gasteiger partial charge in [-0.15, -0.1) is 0 Å². The first-order valence-corrected chi connectivity index (χ1v) is 11.8. The van der Waals surface area contributed by atoms with Crippen LogP contribution < -0.4 is 0 Å². The van der Waals surface area contributed by atoms with Gasteiger partial charge in [0.15, 0.2) is 5.78 Å². The van der Waals surface area contributed by atoms with Crippen LogP contribution in [0.3, 0.4) is 0 Å². The molecule has 6 heteroatoms. The molecule has 30 heavy (non-hydrogen) atoms. The van der Waals surface area contributed by atoms with E-state index in [4.69, 9.17) is 9.42 Å². The Hall–Kier alpha value is -1.42. The molecule has 0 aliphatic carbocycles. The van der Waals surface area contributed by atoms with Crippen molar-refractivity contribution in [1.82, 2.24) is 0 Å². The highest BCUT2D eigenvalue weighted by Gasteiger charge is 2.29. The second-order valence-corrected chi connectivity index (χ2v) is 10.8. The van der Waals surface area contributed by atoms with Crippen molar-refractivity contribution in [2.45, 2.75) is 98.5 Å². The third-order valence-electron chi connectivity index (χ3n) is 4.66. The summed E-state index contributed by atoms with van der Waals surface area (Å²) in [5, 5.41) is 10.7. The largest absolute Gasteiger partial charge is 0.507 e. The predicted molar refractivity (Wildman–Crippen MR) is 127 cm³/mol. The Bertz CT molecular complexity index is 763. The number of phenolic OH excluding ortho intramolecular Hbond substituents is 1. The SMILES string of the molecule is CC(C)(O[PH](=O)O)C(=O)/C=C/c1cc(C(C)(C)C)cc(C(C)(C)C)c1O.CCCC. The first kappa shape index (κ1) is 28.6. The zero-order chi connectivity index (χ0) is 23.9. The predicted octanol–water partition coefficient (Wildman–Crippen LogP) is 6.55. The molecular weight excluding hydrogens is 399 g/mol. The van der Waals surface area contributed by atoms with E-state index in [-0.39, 0.29) is 16.6 Å². The van der Waals surface area contributed by atoms with Crippen molar-refractivity contribution in [3.8, 4) is 5.75 Å². The lowest BCUT2D eigenvalue weighted by Crippen LogP contribution is -2.31. The van der Waals surface area contributed by atoms with Gasteiger partial charge in [0.2, 0.25) is 0 Å². The molecule has 1 rings (SSSR count). The van der Waals surface area contributed by atoms with E-state index in [1.807, 2.05) is 32.9 Å². The highest BCUT2D eigenvalue weighted by Crippen LogP contribution is 2.38. The number of unbranched alkanes of at least 4 members (excludes halogenated alkanes) is 1. The molecule has 0 fully saturated rings. The van der Waals surface area contributed by atoms with Crippen LogP contribution in [0.4, 0.5) is 0 Å². The van der Waals surface area contributed by atoms with Gasteiger partial charge in [-0.25, -0.2) is 0 Å². The molecule has 0 saturated heterocycles. The number of hydrogen-bond donors (Lipinski definition) is 2. The molecule has 0 aromatic heterocycles. The molecule has 2 N–H and O–H groups in total. The minimum Gasteiger partial charge on any atom is -0.507 e. The van der Waals surface area contributed by atoms with E-state index < -0.39 is 19.6 Å². The Balaban J connectivity index is 0.00000192. The molecule has 172 valence electrons. The molecular formula is C24H41O5P. The van der Waals surface area contributed by atoms with Crippen LogP contribution in [-0.4, -0.2) is 21.4 Å². The van der Waals surface area contributed by atoms with Gasteiger partial charge in [0.25, 0.3) is 0 Å². The second-order valence-electron chi connectivity index (χ2n) is 10.0. The molecule has 1 atom stereocenters. The second kappa shape index (κ2) is 11.3. The van der Waals surface area contributed by atoms with Gasteiger partial charge in [0, 0.05) is 11.1 Å². The zero-order valence-corrected chi connectivity index (χ0v) is 21.3. The maximum absolute atomic E-state index is 12.3. The van der Waals surface area contributed by atoms with Crippen LogP contribution in [0.2, 0.25) is 0 Å². The number of ketones is 1. The molecule has 0 aliphatic heterocycles. The number of phenols is 1. The number of rotatable bonds is 6. The molecule has 0 radical (unpaired) electrons. The molecule has 0 saturated carbocycles. The zero-order valence-electron chi connectivity index (χ0n) is 20.3. The van der Waals surface area contributed by atoms with Gasteiger partial charge in [-0.2, -0.15) is 0 Å². The van der Waals surface area contributed by atoms with E-state index >= 15 is 0 Å². The average Bonchev–Trinajstić information content (AvgIpc) is 2.57. The summed E-state index contributed by atoms with van der Waals surface area (Å²) in [4.78, 5) is 21.2. The summed E-state index contributed by atoms with van der Waals surface area (Å²) >= 11 is 0. The topological polar surface area (TPSA) is 83.8 Å². The molecule has 0 bridgehead atoms. The van der Waals surface area contributed by atoms with Crippen molar-refractivity contribution in [2.24, 2.45) is 0 Å². The number of hydrogen-bond acceptors (Lipinski definition) is 4. The van der Waals surface area contributed by atoms with Crippen molar-refractivity contribution in [1.29, 1.82) is 0 Å². The van der Waals surface area contributed by atoms with Gasteiger partial charge in [-0.3, -0.25) is 13.9 Å². The summed E-state index contributed by atoms with van der Waals surface area (Å²) < 4.78 is 15.7. The van der Waals surface area contributed by atoms with Gasteiger partial charge in [0.1, 0.15) is 11.4 Å². The molecule has 0 heterocycles. The van der Waals surface area contributed by atoms with Crippen molar-refractivity contribution in [2.75, 3.05) is 0 Å². The van der Waals surface area contributed by atoms with Crippen LogP contribution >= 0.6 is 8.25 Å². The Labute approximate surface area is 183 Å². The summed E-state index contributed by atoms with van der Waals surface area (Å²) in [6, 6.07) is 3.86. The monoisotopic (exact) mass is 440 g/mol. The van der Waals surface area contributed by atoms with Crippen LogP contribution in [0, 0.1) is 0 Å². The quantitative estimate of drug-likeness (QED) is 0.387. The average molecular weight is 441 g/mol.